The topological polar surface area (TPSA) is 0 Å². The van der Waals surface area contributed by atoms with Crippen molar-refractivity contribution in [2.45, 2.75) is 33.6 Å². The van der Waals surface area contributed by atoms with Crippen LogP contribution in [0.15, 0.2) is 30.3 Å². The first kappa shape index (κ1) is 10.0. The summed E-state index contributed by atoms with van der Waals surface area (Å²) < 4.78 is 0. The van der Waals surface area contributed by atoms with E-state index < -0.39 is 0 Å². The smallest absolute Gasteiger partial charge is 0.0228 e. The van der Waals surface area contributed by atoms with E-state index in [0.29, 0.717) is 0 Å². The van der Waals surface area contributed by atoms with Gasteiger partial charge in [0.2, 0.25) is 0 Å². The fraction of sp³-hybridized carbons (Fsp3) is 0.385. The molecule has 0 heterocycles. The lowest BCUT2D eigenvalue weighted by Crippen LogP contribution is -1.84. The molecule has 0 amide bonds. The lowest BCUT2D eigenvalue weighted by molar-refractivity contribution is 1.14. The van der Waals surface area contributed by atoms with Gasteiger partial charge in [0.15, 0.2) is 0 Å². The van der Waals surface area contributed by atoms with E-state index in [-0.39, 0.29) is 0 Å². The minimum Gasteiger partial charge on any atom is -0.0813 e. The van der Waals surface area contributed by atoms with Gasteiger partial charge in [0.25, 0.3) is 0 Å². The highest BCUT2D eigenvalue weighted by Crippen LogP contribution is 2.16. The third-order valence-electron chi connectivity index (χ3n) is 2.30. The Bertz CT molecular complexity index is 295. The van der Waals surface area contributed by atoms with Crippen LogP contribution in [0.25, 0.3) is 5.57 Å². The lowest BCUT2D eigenvalue weighted by atomic mass is 10.0. The number of benzene rings is 1. The molecule has 0 saturated heterocycles. The van der Waals surface area contributed by atoms with Crippen LogP contribution in [0.1, 0.15) is 38.3 Å². The van der Waals surface area contributed by atoms with Gasteiger partial charge in [0, 0.05) is 0 Å². The molecule has 0 spiro atoms. The Balaban J connectivity index is 2.94. The van der Waals surface area contributed by atoms with Crippen LogP contribution in [-0.4, -0.2) is 0 Å². The molecule has 0 atom stereocenters. The molecule has 0 unspecified atom stereocenters. The summed E-state index contributed by atoms with van der Waals surface area (Å²) in [5.74, 6) is 0. The molecular weight excluding hydrogens is 156 g/mol. The van der Waals surface area contributed by atoms with Crippen molar-refractivity contribution in [3.63, 3.8) is 0 Å². The number of hydrogen-bond donors (Lipinski definition) is 0. The van der Waals surface area contributed by atoms with E-state index in [9.17, 15) is 0 Å². The Hall–Kier alpha value is -1.04. The van der Waals surface area contributed by atoms with Crippen molar-refractivity contribution in [1.82, 2.24) is 0 Å². The molecule has 0 saturated carbocycles. The van der Waals surface area contributed by atoms with Gasteiger partial charge in [-0.05, 0) is 36.5 Å². The van der Waals surface area contributed by atoms with Gasteiger partial charge in [0.05, 0.1) is 0 Å². The second-order valence-electron chi connectivity index (χ2n) is 3.35. The van der Waals surface area contributed by atoms with Crippen molar-refractivity contribution >= 4 is 5.57 Å². The van der Waals surface area contributed by atoms with Crippen molar-refractivity contribution in [1.29, 1.82) is 0 Å². The standard InChI is InChI=1S/C13H18/c1-4-7-11(3)13-9-6-8-12(5-2)10-13/h6-10H,4-5H2,1-3H3/b11-7-. The third kappa shape index (κ3) is 2.73. The Morgan fingerprint density at radius 3 is 2.69 bits per heavy atom. The average molecular weight is 174 g/mol. The molecule has 13 heavy (non-hydrogen) atoms. The summed E-state index contributed by atoms with van der Waals surface area (Å²) in [6, 6.07) is 8.78. The number of allylic oxidation sites excluding steroid dienone is 2. The Morgan fingerprint density at radius 1 is 1.31 bits per heavy atom. The van der Waals surface area contributed by atoms with Crippen LogP contribution >= 0.6 is 0 Å². The van der Waals surface area contributed by atoms with Crippen molar-refractivity contribution in [3.8, 4) is 0 Å². The van der Waals surface area contributed by atoms with Crippen LogP contribution in [0.5, 0.6) is 0 Å². The third-order valence-corrected chi connectivity index (χ3v) is 2.30. The molecule has 0 aliphatic carbocycles. The van der Waals surface area contributed by atoms with Crippen LogP contribution < -0.4 is 0 Å². The average Bonchev–Trinajstić information content (AvgIpc) is 2.18. The van der Waals surface area contributed by atoms with E-state index in [2.05, 4.69) is 51.1 Å². The molecule has 70 valence electrons. The quantitative estimate of drug-likeness (QED) is 0.648. The zero-order valence-corrected chi connectivity index (χ0v) is 8.80. The largest absolute Gasteiger partial charge is 0.0813 e. The molecule has 1 aromatic rings. The highest BCUT2D eigenvalue weighted by atomic mass is 14.0. The van der Waals surface area contributed by atoms with E-state index in [4.69, 9.17) is 0 Å². The summed E-state index contributed by atoms with van der Waals surface area (Å²) in [4.78, 5) is 0. The normalized spacial score (nSPS) is 11.8. The van der Waals surface area contributed by atoms with Crippen LogP contribution in [-0.2, 0) is 6.42 Å². The van der Waals surface area contributed by atoms with E-state index in [1.807, 2.05) is 0 Å². The predicted molar refractivity (Wildman–Crippen MR) is 59.8 cm³/mol. The fourth-order valence-corrected chi connectivity index (χ4v) is 1.46. The molecule has 1 aromatic carbocycles. The maximum absolute atomic E-state index is 2.28. The van der Waals surface area contributed by atoms with Crippen LogP contribution in [0.2, 0.25) is 0 Å². The highest BCUT2D eigenvalue weighted by Gasteiger charge is 1.95. The second kappa shape index (κ2) is 4.86. The van der Waals surface area contributed by atoms with Crippen LogP contribution in [0.3, 0.4) is 0 Å². The summed E-state index contributed by atoms with van der Waals surface area (Å²) in [5.41, 5.74) is 4.17. The lowest BCUT2D eigenvalue weighted by Gasteiger charge is -2.03. The van der Waals surface area contributed by atoms with Crippen LogP contribution in [0, 0.1) is 0 Å². The van der Waals surface area contributed by atoms with Gasteiger partial charge in [-0.15, -0.1) is 0 Å². The predicted octanol–water partition coefficient (Wildman–Crippen LogP) is 4.06. The molecular formula is C13H18. The zero-order chi connectivity index (χ0) is 9.68. The maximum atomic E-state index is 2.28. The van der Waals surface area contributed by atoms with Crippen molar-refractivity contribution < 1.29 is 0 Å². The van der Waals surface area contributed by atoms with Gasteiger partial charge in [0.1, 0.15) is 0 Å². The zero-order valence-electron chi connectivity index (χ0n) is 8.80. The van der Waals surface area contributed by atoms with Gasteiger partial charge < -0.3 is 0 Å². The minimum absolute atomic E-state index is 1.11. The molecule has 0 bridgehead atoms. The summed E-state index contributed by atoms with van der Waals surface area (Å²) >= 11 is 0. The van der Waals surface area contributed by atoms with Gasteiger partial charge in [-0.3, -0.25) is 0 Å². The first-order chi connectivity index (χ1) is 6.27. The van der Waals surface area contributed by atoms with Crippen molar-refractivity contribution in [2.24, 2.45) is 0 Å². The molecule has 0 radical (unpaired) electrons. The van der Waals surface area contributed by atoms with E-state index in [1.165, 1.54) is 16.7 Å². The fourth-order valence-electron chi connectivity index (χ4n) is 1.46. The van der Waals surface area contributed by atoms with Crippen molar-refractivity contribution in [3.05, 3.63) is 41.5 Å². The molecule has 0 fully saturated rings. The van der Waals surface area contributed by atoms with E-state index in [1.54, 1.807) is 0 Å². The first-order valence-corrected chi connectivity index (χ1v) is 5.04. The molecule has 0 N–H and O–H groups in total. The molecule has 0 aliphatic rings. The van der Waals surface area contributed by atoms with Gasteiger partial charge in [-0.1, -0.05) is 44.2 Å². The summed E-state index contributed by atoms with van der Waals surface area (Å²) in [6.45, 7) is 6.55. The summed E-state index contributed by atoms with van der Waals surface area (Å²) in [5, 5.41) is 0. The maximum Gasteiger partial charge on any atom is -0.0228 e. The van der Waals surface area contributed by atoms with Gasteiger partial charge in [-0.25, -0.2) is 0 Å². The first-order valence-electron chi connectivity index (χ1n) is 5.04. The Morgan fingerprint density at radius 2 is 2.08 bits per heavy atom. The number of rotatable bonds is 3. The molecule has 0 heteroatoms. The summed E-state index contributed by atoms with van der Waals surface area (Å²) in [6.07, 6.45) is 4.50. The Labute approximate surface area is 81.3 Å². The molecule has 0 aromatic heterocycles. The minimum atomic E-state index is 1.11. The van der Waals surface area contributed by atoms with Crippen molar-refractivity contribution in [2.75, 3.05) is 0 Å². The van der Waals surface area contributed by atoms with E-state index in [0.717, 1.165) is 12.8 Å². The highest BCUT2D eigenvalue weighted by molar-refractivity contribution is 5.64. The number of hydrogen-bond acceptors (Lipinski definition) is 0. The monoisotopic (exact) mass is 174 g/mol. The molecule has 0 nitrogen and oxygen atoms in total. The van der Waals surface area contributed by atoms with Crippen LogP contribution in [0.4, 0.5) is 0 Å². The summed E-state index contributed by atoms with van der Waals surface area (Å²) in [7, 11) is 0. The Kier molecular flexibility index (Phi) is 3.75. The second-order valence-corrected chi connectivity index (χ2v) is 3.35. The molecule has 1 rings (SSSR count). The van der Waals surface area contributed by atoms with Gasteiger partial charge >= 0.3 is 0 Å². The SMILES string of the molecule is CC/C=C(/C)c1cccc(CC)c1. The number of aryl methyl sites for hydroxylation is 1. The van der Waals surface area contributed by atoms with Gasteiger partial charge in [-0.2, -0.15) is 0 Å². The molecule has 0 aliphatic heterocycles. The van der Waals surface area contributed by atoms with E-state index >= 15 is 0 Å².